The smallest absolute Gasteiger partial charge is 0.240 e. The minimum absolute atomic E-state index is 0.0728. The summed E-state index contributed by atoms with van der Waals surface area (Å²) in [6.45, 7) is 0.939. The van der Waals surface area contributed by atoms with E-state index in [1.807, 2.05) is 36.4 Å². The van der Waals surface area contributed by atoms with E-state index in [0.29, 0.717) is 40.6 Å². The van der Waals surface area contributed by atoms with E-state index >= 15 is 0 Å². The third-order valence-corrected chi connectivity index (χ3v) is 10.5. The zero-order valence-corrected chi connectivity index (χ0v) is 23.7. The molecular formula is C29H25ClN4O4S2. The van der Waals surface area contributed by atoms with E-state index in [-0.39, 0.29) is 9.79 Å². The van der Waals surface area contributed by atoms with Crippen LogP contribution in [0.5, 0.6) is 0 Å². The summed E-state index contributed by atoms with van der Waals surface area (Å²) in [6, 6.07) is 23.0. The lowest BCUT2D eigenvalue weighted by Crippen LogP contribution is -2.35. The third-order valence-electron chi connectivity index (χ3n) is 6.63. The van der Waals surface area contributed by atoms with E-state index in [1.165, 1.54) is 34.6 Å². The van der Waals surface area contributed by atoms with Crippen molar-refractivity contribution >= 4 is 37.5 Å². The molecule has 1 aromatic heterocycles. The Hall–Kier alpha value is -3.75. The molecule has 0 saturated carbocycles. The second kappa shape index (κ2) is 11.4. The SMILES string of the molecule is N#C/C(=C\c1cn(-c2ccccc2)nc1-c1cccc(S(=O)(=O)N2CCCCC2)c1)S(=O)(=O)c1ccc(Cl)cc1. The van der Waals surface area contributed by atoms with Crippen molar-refractivity contribution in [1.82, 2.24) is 14.1 Å². The van der Waals surface area contributed by atoms with Crippen LogP contribution in [-0.2, 0) is 19.9 Å². The number of allylic oxidation sites excluding steroid dienone is 1. The van der Waals surface area contributed by atoms with Gasteiger partial charge in [-0.15, -0.1) is 0 Å². The standard InChI is InChI=1S/C29H25ClN4O4S2/c30-24-12-14-26(15-13-24)39(35,36)28(20-31)19-23-21-34(25-9-3-1-4-10-25)32-29(23)22-8-7-11-27(18-22)40(37,38)33-16-5-2-6-17-33/h1,3-4,7-15,18-19,21H,2,5-6,16-17H2/b28-19+. The van der Waals surface area contributed by atoms with E-state index in [4.69, 9.17) is 11.6 Å². The van der Waals surface area contributed by atoms with Gasteiger partial charge in [-0.1, -0.05) is 48.4 Å². The number of nitriles is 1. The van der Waals surface area contributed by atoms with E-state index in [2.05, 4.69) is 5.10 Å². The molecule has 0 spiro atoms. The molecular weight excluding hydrogens is 568 g/mol. The van der Waals surface area contributed by atoms with Crippen LogP contribution in [0.2, 0.25) is 5.02 Å². The van der Waals surface area contributed by atoms with Crippen molar-refractivity contribution in [2.45, 2.75) is 29.1 Å². The maximum Gasteiger partial charge on any atom is 0.243 e. The molecule has 1 saturated heterocycles. The highest BCUT2D eigenvalue weighted by Crippen LogP contribution is 2.31. The van der Waals surface area contributed by atoms with Crippen LogP contribution in [-0.4, -0.2) is 44.0 Å². The number of para-hydroxylation sites is 1. The Balaban J connectivity index is 1.64. The van der Waals surface area contributed by atoms with Crippen LogP contribution in [0, 0.1) is 11.3 Å². The molecule has 0 bridgehead atoms. The molecule has 40 heavy (non-hydrogen) atoms. The summed E-state index contributed by atoms with van der Waals surface area (Å²) in [4.78, 5) is -0.428. The largest absolute Gasteiger partial charge is 0.243 e. The molecule has 0 aliphatic carbocycles. The first-order valence-electron chi connectivity index (χ1n) is 12.6. The summed E-state index contributed by atoms with van der Waals surface area (Å²) < 4.78 is 56.4. The van der Waals surface area contributed by atoms with Crippen LogP contribution in [0.15, 0.2) is 99.8 Å². The van der Waals surface area contributed by atoms with Gasteiger partial charge in [0.2, 0.25) is 19.9 Å². The fourth-order valence-corrected chi connectivity index (χ4v) is 7.38. The maximum absolute atomic E-state index is 13.4. The van der Waals surface area contributed by atoms with Crippen molar-refractivity contribution < 1.29 is 16.8 Å². The van der Waals surface area contributed by atoms with E-state index in [0.717, 1.165) is 19.3 Å². The Bertz CT molecular complexity index is 1820. The van der Waals surface area contributed by atoms with Crippen molar-refractivity contribution in [2.75, 3.05) is 13.1 Å². The molecule has 0 radical (unpaired) electrons. The Kier molecular flexibility index (Phi) is 7.92. The van der Waals surface area contributed by atoms with Crippen LogP contribution >= 0.6 is 11.6 Å². The third kappa shape index (κ3) is 5.60. The van der Waals surface area contributed by atoms with Crippen LogP contribution in [0.4, 0.5) is 0 Å². The first kappa shape index (κ1) is 27.8. The lowest BCUT2D eigenvalue weighted by molar-refractivity contribution is 0.346. The summed E-state index contributed by atoms with van der Waals surface area (Å²) in [7, 11) is -7.88. The Morgan fingerprint density at radius 1 is 0.875 bits per heavy atom. The average molecular weight is 593 g/mol. The summed E-state index contributed by atoms with van der Waals surface area (Å²) in [5, 5.41) is 14.9. The first-order chi connectivity index (χ1) is 19.2. The molecule has 0 unspecified atom stereocenters. The highest BCUT2D eigenvalue weighted by atomic mass is 35.5. The fraction of sp³-hybridized carbons (Fsp3) is 0.172. The van der Waals surface area contributed by atoms with Crippen LogP contribution in [0.1, 0.15) is 24.8 Å². The second-order valence-corrected chi connectivity index (χ2v) is 13.6. The Labute approximate surface area is 238 Å². The Morgan fingerprint density at radius 3 is 2.25 bits per heavy atom. The zero-order chi connectivity index (χ0) is 28.3. The minimum Gasteiger partial charge on any atom is -0.240 e. The number of hydrogen-bond donors (Lipinski definition) is 0. The number of benzene rings is 3. The monoisotopic (exact) mass is 592 g/mol. The molecule has 2 heterocycles. The van der Waals surface area contributed by atoms with Gasteiger partial charge in [0.25, 0.3) is 0 Å². The molecule has 11 heteroatoms. The molecule has 0 amide bonds. The Morgan fingerprint density at radius 2 is 1.57 bits per heavy atom. The number of rotatable bonds is 7. The number of sulfonamides is 1. The predicted molar refractivity (Wildman–Crippen MR) is 154 cm³/mol. The van der Waals surface area contributed by atoms with Gasteiger partial charge in [0, 0.05) is 35.4 Å². The van der Waals surface area contributed by atoms with Crippen LogP contribution < -0.4 is 0 Å². The first-order valence-corrected chi connectivity index (χ1v) is 15.9. The number of aromatic nitrogens is 2. The van der Waals surface area contributed by atoms with Gasteiger partial charge in [-0.25, -0.2) is 21.5 Å². The molecule has 0 atom stereocenters. The maximum atomic E-state index is 13.4. The average Bonchev–Trinajstić information content (AvgIpc) is 3.41. The normalized spacial score (nSPS) is 15.1. The van der Waals surface area contributed by atoms with Gasteiger partial charge in [0.15, 0.2) is 0 Å². The van der Waals surface area contributed by atoms with Gasteiger partial charge in [-0.05, 0) is 67.4 Å². The fourth-order valence-electron chi connectivity index (χ4n) is 4.54. The molecule has 4 aromatic rings. The lowest BCUT2D eigenvalue weighted by Gasteiger charge is -2.26. The van der Waals surface area contributed by atoms with Gasteiger partial charge in [-0.3, -0.25) is 0 Å². The zero-order valence-electron chi connectivity index (χ0n) is 21.3. The topological polar surface area (TPSA) is 113 Å². The summed E-state index contributed by atoms with van der Waals surface area (Å²) in [6.07, 6.45) is 5.50. The number of piperidine rings is 1. The molecule has 5 rings (SSSR count). The van der Waals surface area contributed by atoms with Crippen molar-refractivity contribution in [1.29, 1.82) is 5.26 Å². The minimum atomic E-state index is -4.16. The lowest BCUT2D eigenvalue weighted by atomic mass is 10.1. The molecule has 1 aliphatic heterocycles. The van der Waals surface area contributed by atoms with Crippen molar-refractivity contribution in [3.63, 3.8) is 0 Å². The molecule has 1 aliphatic rings. The van der Waals surface area contributed by atoms with Crippen LogP contribution in [0.25, 0.3) is 23.0 Å². The quantitative estimate of drug-likeness (QED) is 0.254. The van der Waals surface area contributed by atoms with Crippen molar-refractivity contribution in [2.24, 2.45) is 0 Å². The predicted octanol–water partition coefficient (Wildman–Crippen LogP) is 5.71. The van der Waals surface area contributed by atoms with Gasteiger partial charge in [0.1, 0.15) is 16.7 Å². The number of hydrogen-bond acceptors (Lipinski definition) is 6. The number of sulfone groups is 1. The molecule has 1 fully saturated rings. The highest BCUT2D eigenvalue weighted by molar-refractivity contribution is 7.95. The van der Waals surface area contributed by atoms with Gasteiger partial charge < -0.3 is 0 Å². The molecule has 8 nitrogen and oxygen atoms in total. The van der Waals surface area contributed by atoms with Crippen molar-refractivity contribution in [3.8, 4) is 23.0 Å². The van der Waals surface area contributed by atoms with Gasteiger partial charge >= 0.3 is 0 Å². The van der Waals surface area contributed by atoms with E-state index < -0.39 is 24.8 Å². The molecule has 204 valence electrons. The second-order valence-electron chi connectivity index (χ2n) is 9.28. The number of nitrogens with zero attached hydrogens (tertiary/aromatic N) is 4. The summed E-state index contributed by atoms with van der Waals surface area (Å²) >= 11 is 5.92. The van der Waals surface area contributed by atoms with Crippen LogP contribution in [0.3, 0.4) is 0 Å². The van der Waals surface area contributed by atoms with Gasteiger partial charge in [0.05, 0.1) is 15.5 Å². The molecule has 0 N–H and O–H groups in total. The van der Waals surface area contributed by atoms with E-state index in [9.17, 15) is 22.1 Å². The highest BCUT2D eigenvalue weighted by Gasteiger charge is 2.27. The van der Waals surface area contributed by atoms with Gasteiger partial charge in [-0.2, -0.15) is 14.7 Å². The number of halogens is 1. The molecule has 3 aromatic carbocycles. The summed E-state index contributed by atoms with van der Waals surface area (Å²) in [5.74, 6) is 0. The summed E-state index contributed by atoms with van der Waals surface area (Å²) in [5.41, 5.74) is 1.85. The van der Waals surface area contributed by atoms with E-state index in [1.54, 1.807) is 35.1 Å². The van der Waals surface area contributed by atoms with Crippen molar-refractivity contribution in [3.05, 3.63) is 101 Å².